The van der Waals surface area contributed by atoms with Crippen LogP contribution in [0.2, 0.25) is 0 Å². The Labute approximate surface area is 242 Å². The molecule has 234 valence electrons. The summed E-state index contributed by atoms with van der Waals surface area (Å²) in [5.74, 6) is -6.17. The normalized spacial score (nSPS) is 20.3. The minimum absolute atomic E-state index is 0.0545. The first-order valence-electron chi connectivity index (χ1n) is 14.5. The molecule has 1 aliphatic carbocycles. The maximum absolute atomic E-state index is 14.0. The van der Waals surface area contributed by atoms with Crippen LogP contribution in [0.5, 0.6) is 0 Å². The van der Waals surface area contributed by atoms with Crippen LogP contribution >= 0.6 is 0 Å². The molecule has 0 aromatic carbocycles. The van der Waals surface area contributed by atoms with Crippen LogP contribution in [-0.2, 0) is 23.9 Å². The molecule has 3 atom stereocenters. The van der Waals surface area contributed by atoms with E-state index in [4.69, 9.17) is 4.74 Å². The van der Waals surface area contributed by atoms with Crippen LogP contribution in [0.25, 0.3) is 0 Å². The molecule has 12 heteroatoms. The fourth-order valence-corrected chi connectivity index (χ4v) is 5.65. The fourth-order valence-electron chi connectivity index (χ4n) is 5.65. The number of ketones is 1. The van der Waals surface area contributed by atoms with Crippen molar-refractivity contribution in [2.24, 2.45) is 16.7 Å². The van der Waals surface area contributed by atoms with Gasteiger partial charge in [-0.15, -0.1) is 0 Å². The number of alkyl halides is 2. The van der Waals surface area contributed by atoms with Crippen molar-refractivity contribution in [2.75, 3.05) is 20.2 Å². The topological polar surface area (TPSA) is 134 Å². The SMILES string of the molecule is COC(=O)N[C@H](C(=O)N1CC2(CCCCC2)C[C@H]1C(=O)N[C@@H](CCC(C)(F)F)C(=O)C(=O)NCC(C)C)C(C)(C)C. The first-order chi connectivity index (χ1) is 18.9. The lowest BCUT2D eigenvalue weighted by atomic mass is 9.72. The van der Waals surface area contributed by atoms with Gasteiger partial charge in [-0.2, -0.15) is 0 Å². The summed E-state index contributed by atoms with van der Waals surface area (Å²) < 4.78 is 32.2. The zero-order valence-electron chi connectivity index (χ0n) is 25.5. The van der Waals surface area contributed by atoms with E-state index >= 15 is 0 Å². The van der Waals surface area contributed by atoms with E-state index in [1.807, 2.05) is 13.8 Å². The second kappa shape index (κ2) is 13.9. The Bertz CT molecular complexity index is 969. The molecule has 2 fully saturated rings. The highest BCUT2D eigenvalue weighted by Crippen LogP contribution is 2.47. The van der Waals surface area contributed by atoms with Crippen LogP contribution < -0.4 is 16.0 Å². The Morgan fingerprint density at radius 3 is 2.12 bits per heavy atom. The van der Waals surface area contributed by atoms with Crippen LogP contribution in [-0.4, -0.2) is 78.7 Å². The third-order valence-corrected chi connectivity index (χ3v) is 7.97. The Morgan fingerprint density at radius 1 is 1.00 bits per heavy atom. The predicted octanol–water partition coefficient (Wildman–Crippen LogP) is 3.57. The lowest BCUT2D eigenvalue weighted by Crippen LogP contribution is -2.59. The van der Waals surface area contributed by atoms with Crippen LogP contribution in [0.3, 0.4) is 0 Å². The van der Waals surface area contributed by atoms with Crippen molar-refractivity contribution in [3.05, 3.63) is 0 Å². The second-order valence-electron chi connectivity index (χ2n) is 13.3. The summed E-state index contributed by atoms with van der Waals surface area (Å²) >= 11 is 0. The van der Waals surface area contributed by atoms with Crippen LogP contribution in [0.1, 0.15) is 92.9 Å². The molecule has 0 aromatic rings. The average Bonchev–Trinajstić information content (AvgIpc) is 3.24. The molecule has 0 bridgehead atoms. The van der Waals surface area contributed by atoms with Gasteiger partial charge in [-0.05, 0) is 49.4 Å². The molecule has 1 aliphatic heterocycles. The van der Waals surface area contributed by atoms with Gasteiger partial charge in [-0.25, -0.2) is 13.6 Å². The van der Waals surface area contributed by atoms with Crippen molar-refractivity contribution < 1.29 is 37.5 Å². The molecular weight excluding hydrogens is 538 g/mol. The molecule has 1 spiro atoms. The first-order valence-corrected chi connectivity index (χ1v) is 14.5. The molecule has 0 unspecified atom stereocenters. The number of Topliss-reactive ketones (excluding diaryl/α,β-unsaturated/α-hetero) is 1. The van der Waals surface area contributed by atoms with Crippen LogP contribution in [0.15, 0.2) is 0 Å². The lowest BCUT2D eigenvalue weighted by Gasteiger charge is -2.36. The third-order valence-electron chi connectivity index (χ3n) is 7.97. The highest BCUT2D eigenvalue weighted by Gasteiger charge is 2.51. The number of amides is 4. The Hall–Kier alpha value is -2.79. The highest BCUT2D eigenvalue weighted by molar-refractivity contribution is 6.38. The molecule has 2 rings (SSSR count). The molecule has 0 aromatic heterocycles. The molecule has 41 heavy (non-hydrogen) atoms. The summed E-state index contributed by atoms with van der Waals surface area (Å²) in [7, 11) is 1.19. The minimum atomic E-state index is -3.11. The molecule has 10 nitrogen and oxygen atoms in total. The van der Waals surface area contributed by atoms with Gasteiger partial charge in [0.25, 0.3) is 5.91 Å². The summed E-state index contributed by atoms with van der Waals surface area (Å²) in [5, 5.41) is 7.63. The van der Waals surface area contributed by atoms with E-state index in [0.717, 1.165) is 32.1 Å². The zero-order valence-corrected chi connectivity index (χ0v) is 25.5. The number of ether oxygens (including phenoxy) is 1. The number of alkyl carbamates (subject to hydrolysis) is 1. The number of nitrogens with zero attached hydrogens (tertiary/aromatic N) is 1. The first kappa shape index (κ1) is 34.4. The number of rotatable bonds is 11. The van der Waals surface area contributed by atoms with E-state index in [-0.39, 0.29) is 17.9 Å². The number of hydrogen-bond acceptors (Lipinski definition) is 6. The highest BCUT2D eigenvalue weighted by atomic mass is 19.3. The summed E-state index contributed by atoms with van der Waals surface area (Å²) in [4.78, 5) is 66.9. The van der Waals surface area contributed by atoms with Gasteiger partial charge in [0.1, 0.15) is 12.1 Å². The number of carbonyl (C=O) groups excluding carboxylic acids is 5. The second-order valence-corrected chi connectivity index (χ2v) is 13.3. The fraction of sp³-hybridized carbons (Fsp3) is 0.828. The number of methoxy groups -OCH3 is 1. The Balaban J connectivity index is 2.38. The van der Waals surface area contributed by atoms with Crippen LogP contribution in [0.4, 0.5) is 13.6 Å². The number of likely N-dealkylation sites (tertiary alicyclic amines) is 1. The molecule has 1 saturated carbocycles. The molecule has 4 amide bonds. The number of carbonyl (C=O) groups is 5. The molecule has 3 N–H and O–H groups in total. The van der Waals surface area contributed by atoms with Crippen molar-refractivity contribution in [1.29, 1.82) is 0 Å². The van der Waals surface area contributed by atoms with E-state index < -0.39 is 71.9 Å². The summed E-state index contributed by atoms with van der Waals surface area (Å²) in [6.45, 7) is 10.2. The van der Waals surface area contributed by atoms with Crippen molar-refractivity contribution in [1.82, 2.24) is 20.9 Å². The lowest BCUT2D eigenvalue weighted by molar-refractivity contribution is -0.144. The third kappa shape index (κ3) is 9.92. The van der Waals surface area contributed by atoms with Gasteiger partial charge in [-0.1, -0.05) is 53.9 Å². The predicted molar refractivity (Wildman–Crippen MR) is 149 cm³/mol. The van der Waals surface area contributed by atoms with Crippen LogP contribution in [0, 0.1) is 16.7 Å². The quantitative estimate of drug-likeness (QED) is 0.317. The summed E-state index contributed by atoms with van der Waals surface area (Å²) in [5.41, 5.74) is -1.04. The standard InChI is InChI=1S/C29H48F2N4O6/c1-18(2)16-32-24(38)21(36)19(11-14-28(6,30)31)33-23(37)20-15-29(12-9-8-10-13-29)17-35(20)25(39)22(27(3,4)5)34-26(40)41-7/h18-20,22H,8-17H2,1-7H3,(H,32,38)(H,33,37)(H,34,40)/t19-,20-,22+/m0/s1. The minimum Gasteiger partial charge on any atom is -0.453 e. The summed E-state index contributed by atoms with van der Waals surface area (Å²) in [6.07, 6.45) is 2.96. The molecule has 1 heterocycles. The molecule has 2 aliphatic rings. The molecular formula is C29H48F2N4O6. The van der Waals surface area contributed by atoms with Gasteiger partial charge >= 0.3 is 6.09 Å². The maximum Gasteiger partial charge on any atom is 0.407 e. The van der Waals surface area contributed by atoms with Gasteiger partial charge in [0.05, 0.1) is 13.2 Å². The van der Waals surface area contributed by atoms with Gasteiger partial charge in [0.2, 0.25) is 23.5 Å². The van der Waals surface area contributed by atoms with Crippen molar-refractivity contribution in [2.45, 2.75) is 117 Å². The molecule has 1 saturated heterocycles. The number of hydrogen-bond donors (Lipinski definition) is 3. The van der Waals surface area contributed by atoms with Gasteiger partial charge in [-0.3, -0.25) is 19.2 Å². The number of halogens is 2. The van der Waals surface area contributed by atoms with E-state index in [2.05, 4.69) is 16.0 Å². The summed E-state index contributed by atoms with van der Waals surface area (Å²) in [6, 6.07) is -3.49. The van der Waals surface area contributed by atoms with Gasteiger partial charge < -0.3 is 25.6 Å². The Kier molecular flexibility index (Phi) is 11.7. The van der Waals surface area contributed by atoms with Gasteiger partial charge in [0, 0.05) is 19.5 Å². The van der Waals surface area contributed by atoms with Crippen molar-refractivity contribution >= 4 is 29.6 Å². The van der Waals surface area contributed by atoms with Gasteiger partial charge in [0.15, 0.2) is 0 Å². The maximum atomic E-state index is 14.0. The average molecular weight is 587 g/mol. The largest absolute Gasteiger partial charge is 0.453 e. The van der Waals surface area contributed by atoms with E-state index in [0.29, 0.717) is 19.9 Å². The molecule has 0 radical (unpaired) electrons. The zero-order chi connectivity index (χ0) is 31.2. The van der Waals surface area contributed by atoms with Crippen molar-refractivity contribution in [3.8, 4) is 0 Å². The van der Waals surface area contributed by atoms with E-state index in [1.165, 1.54) is 12.0 Å². The van der Waals surface area contributed by atoms with Crippen molar-refractivity contribution in [3.63, 3.8) is 0 Å². The number of nitrogens with one attached hydrogen (secondary N) is 3. The Morgan fingerprint density at radius 2 is 1.61 bits per heavy atom. The smallest absolute Gasteiger partial charge is 0.407 e. The monoisotopic (exact) mass is 586 g/mol. The van der Waals surface area contributed by atoms with E-state index in [1.54, 1.807) is 20.8 Å². The van der Waals surface area contributed by atoms with E-state index in [9.17, 15) is 32.8 Å².